The molecule has 0 saturated heterocycles. The van der Waals surface area contributed by atoms with Gasteiger partial charge < -0.3 is 5.32 Å². The minimum absolute atomic E-state index is 0.573. The maximum Gasteiger partial charge on any atom is 0.0377 e. The maximum atomic E-state index is 3.73. The smallest absolute Gasteiger partial charge is 0.0377 e. The standard InChI is InChI=1S/C19H23N/c1-14(2)18-10-6-7-11-19(18)20-17-12-16(13-17)15-8-4-3-5-9-15/h3-11,14,16-17,20H,12-13H2,1-2H3. The van der Waals surface area contributed by atoms with Crippen molar-refractivity contribution in [3.05, 3.63) is 65.7 Å². The van der Waals surface area contributed by atoms with Gasteiger partial charge in [-0.2, -0.15) is 0 Å². The van der Waals surface area contributed by atoms with Gasteiger partial charge in [-0.3, -0.25) is 0 Å². The number of anilines is 1. The molecule has 1 aliphatic carbocycles. The van der Waals surface area contributed by atoms with Crippen molar-refractivity contribution >= 4 is 5.69 Å². The third-order valence-corrected chi connectivity index (χ3v) is 4.35. The topological polar surface area (TPSA) is 12.0 Å². The van der Waals surface area contributed by atoms with E-state index in [2.05, 4.69) is 73.8 Å². The van der Waals surface area contributed by atoms with Gasteiger partial charge in [0.25, 0.3) is 0 Å². The van der Waals surface area contributed by atoms with Crippen LogP contribution in [0.2, 0.25) is 0 Å². The lowest BCUT2D eigenvalue weighted by Crippen LogP contribution is -2.34. The molecule has 1 aliphatic rings. The molecule has 0 bridgehead atoms. The van der Waals surface area contributed by atoms with Gasteiger partial charge in [0.2, 0.25) is 0 Å². The minimum Gasteiger partial charge on any atom is -0.382 e. The second-order valence-electron chi connectivity index (χ2n) is 6.16. The fraction of sp³-hybridized carbons (Fsp3) is 0.368. The van der Waals surface area contributed by atoms with Crippen LogP contribution in [0.25, 0.3) is 0 Å². The number of nitrogens with one attached hydrogen (secondary N) is 1. The summed E-state index contributed by atoms with van der Waals surface area (Å²) in [5.74, 6) is 1.31. The molecule has 20 heavy (non-hydrogen) atoms. The lowest BCUT2D eigenvalue weighted by Gasteiger charge is -2.37. The average Bonchev–Trinajstić information content (AvgIpc) is 2.43. The molecule has 0 spiro atoms. The second kappa shape index (κ2) is 5.70. The summed E-state index contributed by atoms with van der Waals surface area (Å²) in [4.78, 5) is 0. The van der Waals surface area contributed by atoms with Crippen LogP contribution in [0.15, 0.2) is 54.6 Å². The largest absolute Gasteiger partial charge is 0.382 e. The lowest BCUT2D eigenvalue weighted by molar-refractivity contribution is 0.374. The number of benzene rings is 2. The predicted octanol–water partition coefficient (Wildman–Crippen LogP) is 5.17. The number of hydrogen-bond acceptors (Lipinski definition) is 1. The van der Waals surface area contributed by atoms with Gasteiger partial charge in [-0.25, -0.2) is 0 Å². The van der Waals surface area contributed by atoms with Gasteiger partial charge in [0.1, 0.15) is 0 Å². The van der Waals surface area contributed by atoms with Crippen LogP contribution in [0.5, 0.6) is 0 Å². The van der Waals surface area contributed by atoms with Crippen molar-refractivity contribution in [1.82, 2.24) is 0 Å². The van der Waals surface area contributed by atoms with E-state index in [0.29, 0.717) is 12.0 Å². The molecule has 0 heterocycles. The maximum absolute atomic E-state index is 3.73. The highest BCUT2D eigenvalue weighted by molar-refractivity contribution is 5.53. The van der Waals surface area contributed by atoms with Crippen molar-refractivity contribution in [2.45, 2.75) is 44.6 Å². The molecule has 0 amide bonds. The Bertz CT molecular complexity index is 553. The number of para-hydroxylation sites is 1. The first-order valence-electron chi connectivity index (χ1n) is 7.64. The predicted molar refractivity (Wildman–Crippen MR) is 86.4 cm³/mol. The fourth-order valence-corrected chi connectivity index (χ4v) is 3.08. The normalized spacial score (nSPS) is 21.6. The highest BCUT2D eigenvalue weighted by Gasteiger charge is 2.30. The summed E-state index contributed by atoms with van der Waals surface area (Å²) < 4.78 is 0. The quantitative estimate of drug-likeness (QED) is 0.804. The fourth-order valence-electron chi connectivity index (χ4n) is 3.08. The zero-order valence-electron chi connectivity index (χ0n) is 12.3. The Morgan fingerprint density at radius 2 is 1.55 bits per heavy atom. The van der Waals surface area contributed by atoms with Gasteiger partial charge >= 0.3 is 0 Å². The van der Waals surface area contributed by atoms with Crippen LogP contribution >= 0.6 is 0 Å². The third kappa shape index (κ3) is 2.72. The summed E-state index contributed by atoms with van der Waals surface area (Å²) in [6.45, 7) is 4.52. The SMILES string of the molecule is CC(C)c1ccccc1NC1CC(c2ccccc2)C1. The van der Waals surface area contributed by atoms with E-state index in [0.717, 1.165) is 5.92 Å². The lowest BCUT2D eigenvalue weighted by atomic mass is 9.75. The van der Waals surface area contributed by atoms with E-state index < -0.39 is 0 Å². The summed E-state index contributed by atoms with van der Waals surface area (Å²) >= 11 is 0. The number of rotatable bonds is 4. The van der Waals surface area contributed by atoms with Crippen molar-refractivity contribution in [1.29, 1.82) is 0 Å². The van der Waals surface area contributed by atoms with Crippen molar-refractivity contribution in [2.24, 2.45) is 0 Å². The van der Waals surface area contributed by atoms with Gasteiger partial charge in [-0.1, -0.05) is 62.4 Å². The molecule has 2 aromatic rings. The Hall–Kier alpha value is -1.76. The zero-order valence-corrected chi connectivity index (χ0v) is 12.3. The van der Waals surface area contributed by atoms with Crippen LogP contribution in [-0.4, -0.2) is 6.04 Å². The third-order valence-electron chi connectivity index (χ3n) is 4.35. The Labute approximate surface area is 122 Å². The Morgan fingerprint density at radius 1 is 0.900 bits per heavy atom. The average molecular weight is 265 g/mol. The van der Waals surface area contributed by atoms with Gasteiger partial charge in [-0.05, 0) is 41.9 Å². The van der Waals surface area contributed by atoms with E-state index >= 15 is 0 Å². The Morgan fingerprint density at radius 3 is 2.25 bits per heavy atom. The molecule has 1 N–H and O–H groups in total. The number of hydrogen-bond donors (Lipinski definition) is 1. The van der Waals surface area contributed by atoms with Crippen molar-refractivity contribution in [2.75, 3.05) is 5.32 Å². The van der Waals surface area contributed by atoms with Crippen molar-refractivity contribution in [3.63, 3.8) is 0 Å². The highest BCUT2D eigenvalue weighted by Crippen LogP contribution is 2.39. The van der Waals surface area contributed by atoms with E-state index in [1.807, 2.05) is 0 Å². The van der Waals surface area contributed by atoms with E-state index in [1.54, 1.807) is 0 Å². The second-order valence-corrected chi connectivity index (χ2v) is 6.16. The Kier molecular flexibility index (Phi) is 3.77. The van der Waals surface area contributed by atoms with Gasteiger partial charge in [0, 0.05) is 11.7 Å². The molecular formula is C19H23N. The first kappa shape index (κ1) is 13.2. The molecule has 1 saturated carbocycles. The molecule has 0 radical (unpaired) electrons. The van der Waals surface area contributed by atoms with Crippen LogP contribution in [0.1, 0.15) is 49.7 Å². The first-order chi connectivity index (χ1) is 9.74. The van der Waals surface area contributed by atoms with Crippen LogP contribution in [0.3, 0.4) is 0 Å². The first-order valence-corrected chi connectivity index (χ1v) is 7.64. The zero-order chi connectivity index (χ0) is 13.9. The molecule has 1 fully saturated rings. The van der Waals surface area contributed by atoms with E-state index in [9.17, 15) is 0 Å². The van der Waals surface area contributed by atoms with Crippen molar-refractivity contribution in [3.8, 4) is 0 Å². The monoisotopic (exact) mass is 265 g/mol. The van der Waals surface area contributed by atoms with Gasteiger partial charge in [0.05, 0.1) is 0 Å². The van der Waals surface area contributed by atoms with Crippen LogP contribution in [0, 0.1) is 0 Å². The summed E-state index contributed by atoms with van der Waals surface area (Å²) in [6, 6.07) is 20.2. The summed E-state index contributed by atoms with van der Waals surface area (Å²) in [5, 5.41) is 3.73. The molecule has 0 aliphatic heterocycles. The molecule has 3 rings (SSSR count). The highest BCUT2D eigenvalue weighted by atomic mass is 14.9. The molecule has 0 unspecified atom stereocenters. The summed E-state index contributed by atoms with van der Waals surface area (Å²) in [5.41, 5.74) is 4.23. The molecule has 0 atom stereocenters. The van der Waals surface area contributed by atoms with Gasteiger partial charge in [0.15, 0.2) is 0 Å². The van der Waals surface area contributed by atoms with Gasteiger partial charge in [-0.15, -0.1) is 0 Å². The van der Waals surface area contributed by atoms with Crippen molar-refractivity contribution < 1.29 is 0 Å². The summed E-state index contributed by atoms with van der Waals surface area (Å²) in [7, 11) is 0. The van der Waals surface area contributed by atoms with Crippen LogP contribution < -0.4 is 5.32 Å². The van der Waals surface area contributed by atoms with E-state index in [4.69, 9.17) is 0 Å². The molecule has 1 nitrogen and oxygen atoms in total. The van der Waals surface area contributed by atoms with Crippen LogP contribution in [-0.2, 0) is 0 Å². The molecule has 2 aromatic carbocycles. The molecule has 1 heteroatoms. The van der Waals surface area contributed by atoms with E-state index in [-0.39, 0.29) is 0 Å². The minimum atomic E-state index is 0.573. The molecule has 0 aromatic heterocycles. The summed E-state index contributed by atoms with van der Waals surface area (Å²) in [6.07, 6.45) is 2.49. The molecular weight excluding hydrogens is 242 g/mol. The van der Waals surface area contributed by atoms with E-state index in [1.165, 1.54) is 29.7 Å². The van der Waals surface area contributed by atoms with Crippen LogP contribution in [0.4, 0.5) is 5.69 Å². The molecule has 104 valence electrons. The Balaban J connectivity index is 1.62.